The summed E-state index contributed by atoms with van der Waals surface area (Å²) < 4.78 is 24.0. The van der Waals surface area contributed by atoms with Gasteiger partial charge in [0.15, 0.2) is 11.6 Å². The van der Waals surface area contributed by atoms with E-state index in [2.05, 4.69) is 0 Å². The van der Waals surface area contributed by atoms with E-state index in [9.17, 15) is 4.39 Å². The lowest BCUT2D eigenvalue weighted by Crippen LogP contribution is -2.07. The summed E-state index contributed by atoms with van der Waals surface area (Å²) >= 11 is 0. The van der Waals surface area contributed by atoms with Crippen LogP contribution in [0.25, 0.3) is 0 Å². The van der Waals surface area contributed by atoms with Gasteiger partial charge in [-0.2, -0.15) is 0 Å². The molecular formula is C13H20FNO2. The Morgan fingerprint density at radius 2 is 2.06 bits per heavy atom. The molecule has 1 unspecified atom stereocenters. The highest BCUT2D eigenvalue weighted by atomic mass is 19.1. The molecule has 1 rings (SSSR count). The van der Waals surface area contributed by atoms with Crippen LogP contribution in [0.3, 0.4) is 0 Å². The predicted molar refractivity (Wildman–Crippen MR) is 65.8 cm³/mol. The second kappa shape index (κ2) is 6.57. The van der Waals surface area contributed by atoms with Crippen molar-refractivity contribution in [1.82, 2.24) is 0 Å². The van der Waals surface area contributed by atoms with Crippen LogP contribution in [0.1, 0.15) is 30.4 Å². The fourth-order valence-electron chi connectivity index (χ4n) is 1.91. The second-order valence-corrected chi connectivity index (χ2v) is 4.11. The number of halogens is 1. The Morgan fingerprint density at radius 3 is 2.59 bits per heavy atom. The molecule has 1 aromatic rings. The Labute approximate surface area is 102 Å². The smallest absolute Gasteiger partial charge is 0.165 e. The molecule has 0 saturated carbocycles. The van der Waals surface area contributed by atoms with E-state index in [4.69, 9.17) is 15.2 Å². The first kappa shape index (κ1) is 13.9. The fraction of sp³-hybridized carbons (Fsp3) is 0.538. The van der Waals surface area contributed by atoms with Gasteiger partial charge < -0.3 is 15.2 Å². The normalized spacial score (nSPS) is 12.5. The third-order valence-electron chi connectivity index (χ3n) is 2.78. The summed E-state index contributed by atoms with van der Waals surface area (Å²) in [6.45, 7) is 2.98. The largest absolute Gasteiger partial charge is 0.493 e. The van der Waals surface area contributed by atoms with Gasteiger partial charge in [-0.3, -0.25) is 0 Å². The van der Waals surface area contributed by atoms with Crippen LogP contribution in [0.4, 0.5) is 4.39 Å². The lowest BCUT2D eigenvalue weighted by molar-refractivity contribution is 0.184. The SMILES string of the molecule is COCc1cc(F)c(OC)c(C(C)CCN)c1. The Bertz CT molecular complexity index is 369. The van der Waals surface area contributed by atoms with Crippen molar-refractivity contribution in [3.05, 3.63) is 29.1 Å². The zero-order valence-corrected chi connectivity index (χ0v) is 10.6. The third-order valence-corrected chi connectivity index (χ3v) is 2.78. The van der Waals surface area contributed by atoms with Gasteiger partial charge in [-0.05, 0) is 36.6 Å². The van der Waals surface area contributed by atoms with Gasteiger partial charge >= 0.3 is 0 Å². The van der Waals surface area contributed by atoms with Crippen LogP contribution in [0.2, 0.25) is 0 Å². The molecule has 0 radical (unpaired) electrons. The minimum atomic E-state index is -0.346. The Kier molecular flexibility index (Phi) is 5.38. The molecule has 0 bridgehead atoms. The van der Waals surface area contributed by atoms with E-state index in [0.29, 0.717) is 18.9 Å². The highest BCUT2D eigenvalue weighted by molar-refractivity contribution is 5.40. The monoisotopic (exact) mass is 241 g/mol. The van der Waals surface area contributed by atoms with E-state index in [0.717, 1.165) is 17.5 Å². The number of hydrogen-bond acceptors (Lipinski definition) is 3. The van der Waals surface area contributed by atoms with Gasteiger partial charge in [-0.15, -0.1) is 0 Å². The summed E-state index contributed by atoms with van der Waals surface area (Å²) in [6.07, 6.45) is 0.798. The number of benzene rings is 1. The molecule has 0 saturated heterocycles. The molecule has 3 nitrogen and oxygen atoms in total. The summed E-state index contributed by atoms with van der Waals surface area (Å²) in [6, 6.07) is 3.37. The Balaban J connectivity index is 3.13. The predicted octanol–water partition coefficient (Wildman–Crippen LogP) is 2.43. The van der Waals surface area contributed by atoms with Crippen molar-refractivity contribution < 1.29 is 13.9 Å². The summed E-state index contributed by atoms with van der Waals surface area (Å²) in [7, 11) is 3.07. The minimum Gasteiger partial charge on any atom is -0.493 e. The zero-order valence-electron chi connectivity index (χ0n) is 10.6. The number of nitrogens with two attached hydrogens (primary N) is 1. The highest BCUT2D eigenvalue weighted by Gasteiger charge is 2.16. The molecule has 17 heavy (non-hydrogen) atoms. The van der Waals surface area contributed by atoms with Crippen molar-refractivity contribution in [2.75, 3.05) is 20.8 Å². The van der Waals surface area contributed by atoms with Gasteiger partial charge in [-0.1, -0.05) is 6.92 Å². The average molecular weight is 241 g/mol. The third kappa shape index (κ3) is 3.41. The van der Waals surface area contributed by atoms with Crippen molar-refractivity contribution in [3.63, 3.8) is 0 Å². The molecule has 0 aromatic heterocycles. The van der Waals surface area contributed by atoms with Gasteiger partial charge in [-0.25, -0.2) is 4.39 Å². The lowest BCUT2D eigenvalue weighted by Gasteiger charge is -2.17. The van der Waals surface area contributed by atoms with Gasteiger partial charge in [0.05, 0.1) is 13.7 Å². The van der Waals surface area contributed by atoms with Crippen molar-refractivity contribution in [1.29, 1.82) is 0 Å². The van der Waals surface area contributed by atoms with E-state index >= 15 is 0 Å². The van der Waals surface area contributed by atoms with E-state index in [1.165, 1.54) is 13.2 Å². The van der Waals surface area contributed by atoms with E-state index in [1.807, 2.05) is 13.0 Å². The molecule has 1 atom stereocenters. The number of hydrogen-bond donors (Lipinski definition) is 1. The van der Waals surface area contributed by atoms with Gasteiger partial charge in [0.25, 0.3) is 0 Å². The molecule has 0 heterocycles. The van der Waals surface area contributed by atoms with Crippen molar-refractivity contribution in [3.8, 4) is 5.75 Å². The summed E-state index contributed by atoms with van der Waals surface area (Å²) in [4.78, 5) is 0. The minimum absolute atomic E-state index is 0.168. The number of ether oxygens (including phenoxy) is 2. The lowest BCUT2D eigenvalue weighted by atomic mass is 9.95. The molecule has 1 aromatic carbocycles. The molecule has 0 spiro atoms. The van der Waals surface area contributed by atoms with E-state index in [1.54, 1.807) is 7.11 Å². The first-order valence-electron chi connectivity index (χ1n) is 5.69. The van der Waals surface area contributed by atoms with Crippen LogP contribution in [0, 0.1) is 5.82 Å². The Hall–Kier alpha value is -1.13. The quantitative estimate of drug-likeness (QED) is 0.832. The molecular weight excluding hydrogens is 221 g/mol. The van der Waals surface area contributed by atoms with Gasteiger partial charge in [0, 0.05) is 12.7 Å². The first-order chi connectivity index (χ1) is 8.13. The van der Waals surface area contributed by atoms with Crippen LogP contribution in [0.15, 0.2) is 12.1 Å². The molecule has 0 aliphatic carbocycles. The summed E-state index contributed by atoms with van der Waals surface area (Å²) in [5, 5.41) is 0. The van der Waals surface area contributed by atoms with E-state index < -0.39 is 0 Å². The van der Waals surface area contributed by atoms with Crippen LogP contribution in [-0.2, 0) is 11.3 Å². The standard InChI is InChI=1S/C13H20FNO2/c1-9(4-5-15)11-6-10(8-16-2)7-12(14)13(11)17-3/h6-7,9H,4-5,8,15H2,1-3H3. The Morgan fingerprint density at radius 1 is 1.35 bits per heavy atom. The first-order valence-corrected chi connectivity index (χ1v) is 5.69. The highest BCUT2D eigenvalue weighted by Crippen LogP contribution is 2.32. The van der Waals surface area contributed by atoms with Crippen LogP contribution in [-0.4, -0.2) is 20.8 Å². The zero-order chi connectivity index (χ0) is 12.8. The van der Waals surface area contributed by atoms with E-state index in [-0.39, 0.29) is 11.7 Å². The molecule has 0 aliphatic rings. The number of methoxy groups -OCH3 is 2. The maximum Gasteiger partial charge on any atom is 0.165 e. The van der Waals surface area contributed by atoms with Crippen LogP contribution >= 0.6 is 0 Å². The van der Waals surface area contributed by atoms with Crippen LogP contribution < -0.4 is 10.5 Å². The molecule has 0 fully saturated rings. The fourth-order valence-corrected chi connectivity index (χ4v) is 1.91. The molecule has 96 valence electrons. The molecule has 0 aliphatic heterocycles. The molecule has 4 heteroatoms. The molecule has 2 N–H and O–H groups in total. The van der Waals surface area contributed by atoms with Crippen LogP contribution in [0.5, 0.6) is 5.75 Å². The topological polar surface area (TPSA) is 44.5 Å². The second-order valence-electron chi connectivity index (χ2n) is 4.11. The molecule has 0 amide bonds. The van der Waals surface area contributed by atoms with Crippen molar-refractivity contribution in [2.24, 2.45) is 5.73 Å². The number of rotatable bonds is 6. The maximum absolute atomic E-state index is 13.8. The van der Waals surface area contributed by atoms with Gasteiger partial charge in [0.2, 0.25) is 0 Å². The summed E-state index contributed by atoms with van der Waals surface area (Å²) in [5.41, 5.74) is 7.20. The van der Waals surface area contributed by atoms with Crippen molar-refractivity contribution >= 4 is 0 Å². The average Bonchev–Trinajstić information content (AvgIpc) is 2.29. The van der Waals surface area contributed by atoms with Crippen molar-refractivity contribution in [2.45, 2.75) is 25.9 Å². The van der Waals surface area contributed by atoms with Gasteiger partial charge in [0.1, 0.15) is 0 Å². The maximum atomic E-state index is 13.8. The summed E-state index contributed by atoms with van der Waals surface area (Å²) in [5.74, 6) is 0.132.